The van der Waals surface area contributed by atoms with Crippen molar-refractivity contribution < 1.29 is 8.76 Å². The van der Waals surface area contributed by atoms with Gasteiger partial charge in [-0.2, -0.15) is 0 Å². The van der Waals surface area contributed by atoms with E-state index in [1.807, 2.05) is 24.3 Å². The standard InChI is InChI=1S/C10H7ClO2S/c11-9-6-5-7-3-1-2-4-8(7)10(9)14(12)13/h1-6H,(H,12,13). The van der Waals surface area contributed by atoms with E-state index in [0.29, 0.717) is 5.02 Å². The minimum Gasteiger partial charge on any atom is -0.302 e. The highest BCUT2D eigenvalue weighted by molar-refractivity contribution is 7.79. The zero-order valence-electron chi connectivity index (χ0n) is 7.11. The molecule has 0 amide bonds. The summed E-state index contributed by atoms with van der Waals surface area (Å²) in [6.45, 7) is 0. The summed E-state index contributed by atoms with van der Waals surface area (Å²) in [5.41, 5.74) is 0. The van der Waals surface area contributed by atoms with E-state index >= 15 is 0 Å². The van der Waals surface area contributed by atoms with Crippen LogP contribution in [-0.4, -0.2) is 8.76 Å². The highest BCUT2D eigenvalue weighted by atomic mass is 35.5. The Morgan fingerprint density at radius 2 is 1.86 bits per heavy atom. The molecular weight excluding hydrogens is 220 g/mol. The van der Waals surface area contributed by atoms with Gasteiger partial charge >= 0.3 is 0 Å². The molecule has 0 fully saturated rings. The van der Waals surface area contributed by atoms with E-state index in [1.54, 1.807) is 12.1 Å². The number of halogens is 1. The van der Waals surface area contributed by atoms with Crippen molar-refractivity contribution in [2.75, 3.05) is 0 Å². The number of benzene rings is 2. The fraction of sp³-hybridized carbons (Fsp3) is 0. The molecule has 4 heteroatoms. The summed E-state index contributed by atoms with van der Waals surface area (Å²) < 4.78 is 20.2. The van der Waals surface area contributed by atoms with Gasteiger partial charge < -0.3 is 4.55 Å². The van der Waals surface area contributed by atoms with Crippen LogP contribution in [0.1, 0.15) is 0 Å². The lowest BCUT2D eigenvalue weighted by Gasteiger charge is -2.04. The minimum atomic E-state index is -2.05. The number of fused-ring (bicyclic) bond motifs is 1. The quantitative estimate of drug-likeness (QED) is 0.759. The van der Waals surface area contributed by atoms with Gasteiger partial charge in [-0.1, -0.05) is 41.9 Å². The van der Waals surface area contributed by atoms with Gasteiger partial charge in [0.25, 0.3) is 0 Å². The van der Waals surface area contributed by atoms with Crippen LogP contribution in [0.2, 0.25) is 5.02 Å². The van der Waals surface area contributed by atoms with Crippen LogP contribution >= 0.6 is 11.6 Å². The second kappa shape index (κ2) is 3.69. The van der Waals surface area contributed by atoms with E-state index in [-0.39, 0.29) is 4.90 Å². The maximum atomic E-state index is 11.1. The van der Waals surface area contributed by atoms with Crippen molar-refractivity contribution in [3.05, 3.63) is 41.4 Å². The van der Waals surface area contributed by atoms with Crippen molar-refractivity contribution in [2.24, 2.45) is 0 Å². The molecule has 0 aliphatic heterocycles. The zero-order valence-corrected chi connectivity index (χ0v) is 8.68. The lowest BCUT2D eigenvalue weighted by Crippen LogP contribution is -1.91. The molecule has 2 nitrogen and oxygen atoms in total. The molecule has 0 heterocycles. The van der Waals surface area contributed by atoms with Crippen molar-refractivity contribution in [1.29, 1.82) is 0 Å². The topological polar surface area (TPSA) is 37.3 Å². The molecule has 1 N–H and O–H groups in total. The molecule has 0 saturated carbocycles. The number of hydrogen-bond donors (Lipinski definition) is 1. The van der Waals surface area contributed by atoms with Crippen LogP contribution in [0.4, 0.5) is 0 Å². The summed E-state index contributed by atoms with van der Waals surface area (Å²) in [5.74, 6) is 0. The summed E-state index contributed by atoms with van der Waals surface area (Å²) in [6, 6.07) is 10.8. The molecule has 1 unspecified atom stereocenters. The van der Waals surface area contributed by atoms with Crippen LogP contribution in [0.15, 0.2) is 41.3 Å². The highest BCUT2D eigenvalue weighted by Crippen LogP contribution is 2.28. The van der Waals surface area contributed by atoms with Gasteiger partial charge in [-0.05, 0) is 11.5 Å². The summed E-state index contributed by atoms with van der Waals surface area (Å²) >= 11 is 3.80. The summed E-state index contributed by atoms with van der Waals surface area (Å²) in [7, 11) is 0. The Kier molecular flexibility index (Phi) is 2.54. The molecule has 0 spiro atoms. The van der Waals surface area contributed by atoms with E-state index < -0.39 is 11.1 Å². The van der Waals surface area contributed by atoms with Gasteiger partial charge in [0, 0.05) is 5.39 Å². The van der Waals surface area contributed by atoms with E-state index in [1.165, 1.54) is 0 Å². The third-order valence-corrected chi connectivity index (χ3v) is 3.22. The van der Waals surface area contributed by atoms with Crippen LogP contribution in [0.3, 0.4) is 0 Å². The average molecular weight is 227 g/mol. The largest absolute Gasteiger partial charge is 0.302 e. The Morgan fingerprint density at radius 1 is 1.14 bits per heavy atom. The Labute approximate surface area is 88.8 Å². The lowest BCUT2D eigenvalue weighted by molar-refractivity contribution is 0.565. The molecule has 0 aromatic heterocycles. The molecular formula is C10H7ClO2S. The summed E-state index contributed by atoms with van der Waals surface area (Å²) in [5, 5.41) is 1.96. The first kappa shape index (κ1) is 9.65. The van der Waals surface area contributed by atoms with Crippen LogP contribution in [-0.2, 0) is 11.1 Å². The maximum Gasteiger partial charge on any atom is 0.188 e. The van der Waals surface area contributed by atoms with Gasteiger partial charge in [0.05, 0.1) is 9.92 Å². The van der Waals surface area contributed by atoms with E-state index in [0.717, 1.165) is 10.8 Å². The maximum absolute atomic E-state index is 11.1. The van der Waals surface area contributed by atoms with E-state index in [2.05, 4.69) is 0 Å². The first-order valence-electron chi connectivity index (χ1n) is 3.98. The smallest absolute Gasteiger partial charge is 0.188 e. The molecule has 2 aromatic rings. The van der Waals surface area contributed by atoms with Crippen LogP contribution in [0, 0.1) is 0 Å². The first-order valence-corrected chi connectivity index (χ1v) is 5.47. The van der Waals surface area contributed by atoms with Gasteiger partial charge in [0.15, 0.2) is 11.1 Å². The minimum absolute atomic E-state index is 0.282. The number of hydrogen-bond acceptors (Lipinski definition) is 1. The zero-order chi connectivity index (χ0) is 10.1. The van der Waals surface area contributed by atoms with Gasteiger partial charge in [-0.25, -0.2) is 4.21 Å². The fourth-order valence-electron chi connectivity index (χ4n) is 1.39. The predicted molar refractivity (Wildman–Crippen MR) is 58.0 cm³/mol. The average Bonchev–Trinajstić information content (AvgIpc) is 2.17. The van der Waals surface area contributed by atoms with Gasteiger partial charge in [0.2, 0.25) is 0 Å². The molecule has 0 saturated heterocycles. The normalized spacial score (nSPS) is 13.0. The van der Waals surface area contributed by atoms with Crippen molar-refractivity contribution in [1.82, 2.24) is 0 Å². The summed E-state index contributed by atoms with van der Waals surface area (Å²) in [4.78, 5) is 0.282. The van der Waals surface area contributed by atoms with Crippen molar-refractivity contribution in [3.63, 3.8) is 0 Å². The van der Waals surface area contributed by atoms with Crippen molar-refractivity contribution in [3.8, 4) is 0 Å². The van der Waals surface area contributed by atoms with Crippen molar-refractivity contribution >= 4 is 33.5 Å². The summed E-state index contributed by atoms with van der Waals surface area (Å²) in [6.07, 6.45) is 0. The van der Waals surface area contributed by atoms with Gasteiger partial charge in [-0.3, -0.25) is 0 Å². The molecule has 1 atom stereocenters. The Balaban J connectivity index is 2.90. The first-order chi connectivity index (χ1) is 6.70. The Morgan fingerprint density at radius 3 is 2.57 bits per heavy atom. The molecule has 14 heavy (non-hydrogen) atoms. The number of rotatable bonds is 1. The molecule has 0 aliphatic rings. The molecule has 0 radical (unpaired) electrons. The van der Waals surface area contributed by atoms with Gasteiger partial charge in [-0.15, -0.1) is 0 Å². The van der Waals surface area contributed by atoms with Crippen LogP contribution in [0.5, 0.6) is 0 Å². The second-order valence-electron chi connectivity index (χ2n) is 2.85. The van der Waals surface area contributed by atoms with Crippen LogP contribution < -0.4 is 0 Å². The van der Waals surface area contributed by atoms with E-state index in [9.17, 15) is 4.21 Å². The predicted octanol–water partition coefficient (Wildman–Crippen LogP) is 3.07. The third-order valence-electron chi connectivity index (χ3n) is 2.01. The van der Waals surface area contributed by atoms with E-state index in [4.69, 9.17) is 16.2 Å². The lowest BCUT2D eigenvalue weighted by atomic mass is 10.1. The molecule has 72 valence electrons. The van der Waals surface area contributed by atoms with Crippen LogP contribution in [0.25, 0.3) is 10.8 Å². The molecule has 0 bridgehead atoms. The molecule has 2 rings (SSSR count). The van der Waals surface area contributed by atoms with Gasteiger partial charge in [0.1, 0.15) is 0 Å². The fourth-order valence-corrected chi connectivity index (χ4v) is 2.37. The van der Waals surface area contributed by atoms with Crippen molar-refractivity contribution in [2.45, 2.75) is 4.90 Å². The highest BCUT2D eigenvalue weighted by Gasteiger charge is 2.10. The Hall–Kier alpha value is -0.900. The SMILES string of the molecule is O=S(O)c1c(Cl)ccc2ccccc12. The molecule has 0 aliphatic carbocycles. The molecule has 2 aromatic carbocycles. The monoisotopic (exact) mass is 226 g/mol. The second-order valence-corrected chi connectivity index (χ2v) is 4.16. The third kappa shape index (κ3) is 1.54. The Bertz CT molecular complexity index is 510.